The molecule has 0 aromatic carbocycles. The number of carbonyl (C=O) groups excluding carboxylic acids is 1. The molecule has 2 bridgehead atoms. The van der Waals surface area contributed by atoms with Gasteiger partial charge in [0.2, 0.25) is 0 Å². The van der Waals surface area contributed by atoms with Crippen LogP contribution in [0.15, 0.2) is 10.6 Å². The predicted molar refractivity (Wildman–Crippen MR) is 70.9 cm³/mol. The molecule has 5 heteroatoms. The summed E-state index contributed by atoms with van der Waals surface area (Å²) in [4.78, 5) is 14.5. The number of nitrogens with one attached hydrogen (secondary N) is 1. The number of aryl methyl sites for hydroxylation is 1. The van der Waals surface area contributed by atoms with E-state index in [1.165, 1.54) is 12.8 Å². The highest BCUT2D eigenvalue weighted by Gasteiger charge is 2.37. The average molecular weight is 263 g/mol. The lowest BCUT2D eigenvalue weighted by Crippen LogP contribution is -2.50. The van der Waals surface area contributed by atoms with Gasteiger partial charge in [0, 0.05) is 30.7 Å². The number of amides is 1. The first-order valence-electron chi connectivity index (χ1n) is 7.17. The highest BCUT2D eigenvalue weighted by molar-refractivity contribution is 5.92. The Morgan fingerprint density at radius 1 is 1.47 bits per heavy atom. The van der Waals surface area contributed by atoms with Crippen LogP contribution in [0.2, 0.25) is 0 Å². The minimum Gasteiger partial charge on any atom is -0.361 e. The minimum absolute atomic E-state index is 0.00523. The van der Waals surface area contributed by atoms with Gasteiger partial charge in [-0.25, -0.2) is 0 Å². The van der Waals surface area contributed by atoms with Crippen LogP contribution in [0.5, 0.6) is 0 Å². The summed E-state index contributed by atoms with van der Waals surface area (Å²) in [6.07, 6.45) is 4.62. The normalized spacial score (nSPS) is 29.5. The fraction of sp³-hybridized carbons (Fsp3) is 0.714. The van der Waals surface area contributed by atoms with Crippen LogP contribution >= 0.6 is 0 Å². The van der Waals surface area contributed by atoms with Gasteiger partial charge in [0.15, 0.2) is 5.69 Å². The zero-order valence-electron chi connectivity index (χ0n) is 11.6. The van der Waals surface area contributed by atoms with E-state index in [0.29, 0.717) is 29.6 Å². The van der Waals surface area contributed by atoms with Gasteiger partial charge in [-0.3, -0.25) is 4.79 Å². The van der Waals surface area contributed by atoms with Gasteiger partial charge in [0.05, 0.1) is 0 Å². The number of nitrogens with zero attached hydrogens (tertiary/aromatic N) is 2. The molecular formula is C14H21N3O2. The molecule has 0 radical (unpaired) electrons. The molecule has 2 unspecified atom stereocenters. The first kappa shape index (κ1) is 12.7. The second kappa shape index (κ2) is 4.96. The molecule has 3 rings (SSSR count). The summed E-state index contributed by atoms with van der Waals surface area (Å²) in [5.41, 5.74) is 0.435. The molecule has 1 N–H and O–H groups in total. The zero-order valence-corrected chi connectivity index (χ0v) is 11.6. The number of rotatable bonds is 3. The highest BCUT2D eigenvalue weighted by Crippen LogP contribution is 2.30. The van der Waals surface area contributed by atoms with Crippen molar-refractivity contribution in [3.05, 3.63) is 17.5 Å². The van der Waals surface area contributed by atoms with Crippen molar-refractivity contribution in [2.75, 3.05) is 6.54 Å². The predicted octanol–water partition coefficient (Wildman–Crippen LogP) is 1.73. The summed E-state index contributed by atoms with van der Waals surface area (Å²) in [6, 6.07) is 3.24. The van der Waals surface area contributed by atoms with Crippen molar-refractivity contribution in [1.29, 1.82) is 0 Å². The Hall–Kier alpha value is -1.36. The van der Waals surface area contributed by atoms with Crippen LogP contribution in [-0.2, 0) is 0 Å². The number of carbonyl (C=O) groups is 1. The molecule has 104 valence electrons. The number of fused-ring (bicyclic) bond motifs is 2. The number of hydrogen-bond acceptors (Lipinski definition) is 4. The molecule has 1 aromatic heterocycles. The van der Waals surface area contributed by atoms with Crippen molar-refractivity contribution in [3.8, 4) is 0 Å². The van der Waals surface area contributed by atoms with Crippen molar-refractivity contribution < 1.29 is 9.32 Å². The fourth-order valence-corrected chi connectivity index (χ4v) is 3.46. The van der Waals surface area contributed by atoms with Gasteiger partial charge in [-0.05, 0) is 39.5 Å². The Bertz CT molecular complexity index is 459. The van der Waals surface area contributed by atoms with E-state index in [9.17, 15) is 4.79 Å². The minimum atomic E-state index is 0.00523. The zero-order chi connectivity index (χ0) is 13.4. The fourth-order valence-electron chi connectivity index (χ4n) is 3.46. The second-order valence-electron chi connectivity index (χ2n) is 5.68. The van der Waals surface area contributed by atoms with Gasteiger partial charge in [0.1, 0.15) is 5.76 Å². The molecule has 2 aliphatic rings. The molecule has 3 heterocycles. The van der Waals surface area contributed by atoms with E-state index in [1.807, 2.05) is 18.7 Å². The standard InChI is InChI=1S/C14H21N3O2/c1-3-17(14(18)13-6-9(2)19-16-13)12-7-10-4-5-11(8-12)15-10/h6,10-12,15H,3-5,7-8H2,1-2H3. The van der Waals surface area contributed by atoms with Crippen molar-refractivity contribution in [3.63, 3.8) is 0 Å². The Morgan fingerprint density at radius 2 is 2.16 bits per heavy atom. The quantitative estimate of drug-likeness (QED) is 0.902. The van der Waals surface area contributed by atoms with Crippen LogP contribution in [0, 0.1) is 6.92 Å². The molecule has 1 amide bonds. The molecule has 5 nitrogen and oxygen atoms in total. The molecule has 0 saturated carbocycles. The largest absolute Gasteiger partial charge is 0.361 e. The first-order chi connectivity index (χ1) is 9.17. The summed E-state index contributed by atoms with van der Waals surface area (Å²) in [5, 5.41) is 7.46. The van der Waals surface area contributed by atoms with Gasteiger partial charge in [-0.1, -0.05) is 5.16 Å². The molecule has 0 spiro atoms. The highest BCUT2D eigenvalue weighted by atomic mass is 16.5. The Balaban J connectivity index is 1.75. The molecule has 2 atom stereocenters. The van der Waals surface area contributed by atoms with Crippen LogP contribution in [-0.4, -0.2) is 40.6 Å². The summed E-state index contributed by atoms with van der Waals surface area (Å²) < 4.78 is 5.01. The van der Waals surface area contributed by atoms with Gasteiger partial charge < -0.3 is 14.7 Å². The third-order valence-corrected chi connectivity index (χ3v) is 4.34. The Labute approximate surface area is 113 Å². The summed E-state index contributed by atoms with van der Waals surface area (Å²) in [6.45, 7) is 4.58. The maximum absolute atomic E-state index is 12.5. The molecule has 19 heavy (non-hydrogen) atoms. The van der Waals surface area contributed by atoms with Gasteiger partial charge in [0.25, 0.3) is 5.91 Å². The van der Waals surface area contributed by atoms with Gasteiger partial charge in [-0.2, -0.15) is 0 Å². The third-order valence-electron chi connectivity index (χ3n) is 4.34. The Kier molecular flexibility index (Phi) is 3.31. The maximum Gasteiger partial charge on any atom is 0.276 e. The molecule has 2 saturated heterocycles. The van der Waals surface area contributed by atoms with Crippen LogP contribution in [0.25, 0.3) is 0 Å². The summed E-state index contributed by atoms with van der Waals surface area (Å²) >= 11 is 0. The summed E-state index contributed by atoms with van der Waals surface area (Å²) in [7, 11) is 0. The SMILES string of the molecule is CCN(C(=O)c1cc(C)on1)C1CC2CCC(C1)N2. The molecule has 0 aliphatic carbocycles. The smallest absolute Gasteiger partial charge is 0.276 e. The number of aromatic nitrogens is 1. The van der Waals surface area contributed by atoms with Crippen molar-refractivity contribution in [2.45, 2.75) is 57.7 Å². The summed E-state index contributed by atoms with van der Waals surface area (Å²) in [5.74, 6) is 0.690. The molecule has 1 aromatic rings. The van der Waals surface area contributed by atoms with E-state index in [0.717, 1.165) is 19.4 Å². The van der Waals surface area contributed by atoms with Crippen LogP contribution in [0.4, 0.5) is 0 Å². The van der Waals surface area contributed by atoms with E-state index < -0.39 is 0 Å². The first-order valence-corrected chi connectivity index (χ1v) is 7.17. The van der Waals surface area contributed by atoms with E-state index >= 15 is 0 Å². The van der Waals surface area contributed by atoms with Crippen LogP contribution in [0.3, 0.4) is 0 Å². The van der Waals surface area contributed by atoms with E-state index in [-0.39, 0.29) is 5.91 Å². The Morgan fingerprint density at radius 3 is 2.68 bits per heavy atom. The van der Waals surface area contributed by atoms with Crippen molar-refractivity contribution in [2.24, 2.45) is 0 Å². The van der Waals surface area contributed by atoms with E-state index in [4.69, 9.17) is 4.52 Å². The van der Waals surface area contributed by atoms with Crippen LogP contribution in [0.1, 0.15) is 48.9 Å². The lowest BCUT2D eigenvalue weighted by Gasteiger charge is -2.36. The third kappa shape index (κ3) is 2.39. The lowest BCUT2D eigenvalue weighted by molar-refractivity contribution is 0.0620. The maximum atomic E-state index is 12.5. The second-order valence-corrected chi connectivity index (χ2v) is 5.68. The lowest BCUT2D eigenvalue weighted by atomic mass is 9.98. The van der Waals surface area contributed by atoms with Gasteiger partial charge >= 0.3 is 0 Å². The average Bonchev–Trinajstić information content (AvgIpc) is 2.97. The van der Waals surface area contributed by atoms with E-state index in [1.54, 1.807) is 6.07 Å². The molecular weight excluding hydrogens is 242 g/mol. The van der Waals surface area contributed by atoms with Crippen molar-refractivity contribution >= 4 is 5.91 Å². The van der Waals surface area contributed by atoms with Crippen LogP contribution < -0.4 is 5.32 Å². The monoisotopic (exact) mass is 263 g/mol. The molecule has 2 fully saturated rings. The molecule has 2 aliphatic heterocycles. The van der Waals surface area contributed by atoms with Crippen molar-refractivity contribution in [1.82, 2.24) is 15.4 Å². The topological polar surface area (TPSA) is 58.4 Å². The van der Waals surface area contributed by atoms with E-state index in [2.05, 4.69) is 10.5 Å². The number of piperidine rings is 1. The van der Waals surface area contributed by atoms with Gasteiger partial charge in [-0.15, -0.1) is 0 Å². The number of hydrogen-bond donors (Lipinski definition) is 1.